The number of nitrogens with one attached hydrogen (secondary N) is 3. The maximum absolute atomic E-state index is 13.5. The van der Waals surface area contributed by atoms with Crippen LogP contribution in [0.15, 0.2) is 60.7 Å². The summed E-state index contributed by atoms with van der Waals surface area (Å²) in [5.41, 5.74) is 6.32. The molecule has 0 atom stereocenters. The molecule has 0 radical (unpaired) electrons. The molecule has 4 rings (SSSR count). The average Bonchev–Trinajstić information content (AvgIpc) is 3.10. The number of pyridine rings is 1. The number of hydrogen-bond donors (Lipinski definition) is 4. The molecule has 0 unspecified atom stereocenters. The van der Waals surface area contributed by atoms with Crippen LogP contribution in [0.5, 0.6) is 0 Å². The number of H-pyrrole nitrogens is 1. The third-order valence-electron chi connectivity index (χ3n) is 4.36. The lowest BCUT2D eigenvalue weighted by Gasteiger charge is -2.15. The van der Waals surface area contributed by atoms with Crippen LogP contribution in [-0.4, -0.2) is 21.9 Å². The van der Waals surface area contributed by atoms with Gasteiger partial charge in [-0.25, -0.2) is 4.98 Å². The van der Waals surface area contributed by atoms with Crippen molar-refractivity contribution in [2.75, 3.05) is 17.3 Å². The van der Waals surface area contributed by atoms with E-state index >= 15 is 0 Å². The van der Waals surface area contributed by atoms with Gasteiger partial charge in [0.25, 0.3) is 0 Å². The van der Waals surface area contributed by atoms with Crippen LogP contribution in [0.3, 0.4) is 0 Å². The molecule has 0 aliphatic rings. The number of aromatic nitrogens is 3. The minimum Gasteiger partial charge on any atom is -0.373 e. The van der Waals surface area contributed by atoms with Crippen LogP contribution in [0, 0.1) is 0 Å². The monoisotopic (exact) mass is 398 g/mol. The van der Waals surface area contributed by atoms with Crippen LogP contribution in [0.1, 0.15) is 5.56 Å². The Bertz CT molecular complexity index is 1150. The van der Waals surface area contributed by atoms with Gasteiger partial charge in [0.05, 0.1) is 23.4 Å². The number of rotatable bonds is 5. The van der Waals surface area contributed by atoms with E-state index in [1.54, 1.807) is 12.1 Å². The molecule has 4 aromatic rings. The molecular formula is C20H17F3N6. The first kappa shape index (κ1) is 18.8. The standard InChI is InChI=1S/C20H17F3N6/c21-20(22,23)15-7-3-1-5-13(15)17-9-12(25-11-24)10-18(26-17)27-19-14-6-2-4-8-16(14)28-29-19/h1-10H,11,24H2,(H3,25,26,27,28,29). The number of anilines is 3. The predicted octanol–water partition coefficient (Wildman–Crippen LogP) is 4.72. The molecule has 148 valence electrons. The van der Waals surface area contributed by atoms with Crippen LogP contribution < -0.4 is 16.4 Å². The van der Waals surface area contributed by atoms with Gasteiger partial charge in [0.15, 0.2) is 5.82 Å². The highest BCUT2D eigenvalue weighted by molar-refractivity contribution is 5.91. The van der Waals surface area contributed by atoms with E-state index < -0.39 is 11.7 Å². The van der Waals surface area contributed by atoms with Gasteiger partial charge in [0.2, 0.25) is 0 Å². The van der Waals surface area contributed by atoms with Crippen LogP contribution in [0.2, 0.25) is 0 Å². The van der Waals surface area contributed by atoms with E-state index in [-0.39, 0.29) is 17.9 Å². The second kappa shape index (κ2) is 7.44. The van der Waals surface area contributed by atoms with E-state index in [1.807, 2.05) is 24.3 Å². The molecule has 0 aliphatic heterocycles. The minimum absolute atomic E-state index is 0.0180. The van der Waals surface area contributed by atoms with E-state index in [1.165, 1.54) is 18.2 Å². The largest absolute Gasteiger partial charge is 0.417 e. The first-order valence-corrected chi connectivity index (χ1v) is 8.78. The van der Waals surface area contributed by atoms with Gasteiger partial charge in [-0.05, 0) is 24.3 Å². The SMILES string of the molecule is NCNc1cc(Nc2n[nH]c3ccccc23)nc(-c2ccccc2C(F)(F)F)c1. The molecule has 2 aromatic carbocycles. The van der Waals surface area contributed by atoms with Gasteiger partial charge in [0.1, 0.15) is 5.82 Å². The van der Waals surface area contributed by atoms with Gasteiger partial charge >= 0.3 is 6.18 Å². The number of alkyl halides is 3. The van der Waals surface area contributed by atoms with Crippen molar-refractivity contribution in [3.8, 4) is 11.3 Å². The zero-order chi connectivity index (χ0) is 20.4. The van der Waals surface area contributed by atoms with E-state index in [9.17, 15) is 13.2 Å². The third kappa shape index (κ3) is 3.85. The summed E-state index contributed by atoms with van der Waals surface area (Å²) >= 11 is 0. The second-order valence-electron chi connectivity index (χ2n) is 6.29. The van der Waals surface area contributed by atoms with Gasteiger partial charge in [-0.2, -0.15) is 18.3 Å². The number of nitrogens with two attached hydrogens (primary N) is 1. The summed E-state index contributed by atoms with van der Waals surface area (Å²) < 4.78 is 40.4. The molecule has 2 heterocycles. The van der Waals surface area contributed by atoms with Gasteiger partial charge in [0, 0.05) is 22.7 Å². The minimum atomic E-state index is -4.50. The average molecular weight is 398 g/mol. The zero-order valence-corrected chi connectivity index (χ0v) is 15.1. The fourth-order valence-corrected chi connectivity index (χ4v) is 3.09. The lowest BCUT2D eigenvalue weighted by molar-refractivity contribution is -0.137. The molecule has 9 heteroatoms. The van der Waals surface area contributed by atoms with Crippen LogP contribution in [-0.2, 0) is 6.18 Å². The summed E-state index contributed by atoms with van der Waals surface area (Å²) in [6, 6.07) is 16.0. The predicted molar refractivity (Wildman–Crippen MR) is 107 cm³/mol. The van der Waals surface area contributed by atoms with Crippen molar-refractivity contribution in [3.63, 3.8) is 0 Å². The Morgan fingerprint density at radius 2 is 1.76 bits per heavy atom. The Labute approximate surface area is 164 Å². The molecule has 2 aromatic heterocycles. The second-order valence-corrected chi connectivity index (χ2v) is 6.29. The molecular weight excluding hydrogens is 381 g/mol. The smallest absolute Gasteiger partial charge is 0.373 e. The van der Waals surface area contributed by atoms with Crippen molar-refractivity contribution < 1.29 is 13.2 Å². The van der Waals surface area contributed by atoms with Crippen molar-refractivity contribution in [2.24, 2.45) is 5.73 Å². The lowest BCUT2D eigenvalue weighted by atomic mass is 10.0. The molecule has 0 saturated heterocycles. The Hall–Kier alpha value is -3.59. The van der Waals surface area contributed by atoms with E-state index in [0.717, 1.165) is 17.0 Å². The van der Waals surface area contributed by atoms with Crippen molar-refractivity contribution >= 4 is 28.2 Å². The Balaban J connectivity index is 1.80. The number of nitrogens with zero attached hydrogens (tertiary/aromatic N) is 2. The summed E-state index contributed by atoms with van der Waals surface area (Å²) in [4.78, 5) is 4.40. The number of aromatic amines is 1. The highest BCUT2D eigenvalue weighted by Gasteiger charge is 2.33. The molecule has 0 amide bonds. The molecule has 29 heavy (non-hydrogen) atoms. The van der Waals surface area contributed by atoms with Gasteiger partial charge in [-0.3, -0.25) is 5.10 Å². The zero-order valence-electron chi connectivity index (χ0n) is 15.1. The van der Waals surface area contributed by atoms with Crippen molar-refractivity contribution in [1.29, 1.82) is 0 Å². The topological polar surface area (TPSA) is 91.6 Å². The first-order valence-electron chi connectivity index (χ1n) is 8.78. The Morgan fingerprint density at radius 1 is 1.00 bits per heavy atom. The highest BCUT2D eigenvalue weighted by Crippen LogP contribution is 2.37. The lowest BCUT2D eigenvalue weighted by Crippen LogP contribution is -2.12. The molecule has 0 fully saturated rings. The number of para-hydroxylation sites is 1. The highest BCUT2D eigenvalue weighted by atomic mass is 19.4. The third-order valence-corrected chi connectivity index (χ3v) is 4.36. The molecule has 0 spiro atoms. The molecule has 0 bridgehead atoms. The summed E-state index contributed by atoms with van der Waals surface area (Å²) in [6.45, 7) is 0.120. The fourth-order valence-electron chi connectivity index (χ4n) is 3.09. The van der Waals surface area contributed by atoms with Crippen molar-refractivity contribution in [1.82, 2.24) is 15.2 Å². The van der Waals surface area contributed by atoms with E-state index in [4.69, 9.17) is 5.73 Å². The molecule has 0 aliphatic carbocycles. The Kier molecular flexibility index (Phi) is 4.81. The fraction of sp³-hybridized carbons (Fsp3) is 0.100. The van der Waals surface area contributed by atoms with Gasteiger partial charge < -0.3 is 16.4 Å². The first-order chi connectivity index (χ1) is 14.0. The molecule has 6 nitrogen and oxygen atoms in total. The van der Waals surface area contributed by atoms with Gasteiger partial charge in [-0.1, -0.05) is 30.3 Å². The summed E-state index contributed by atoms with van der Waals surface area (Å²) in [5, 5.41) is 14.0. The number of benzene rings is 2. The van der Waals surface area contributed by atoms with Crippen molar-refractivity contribution in [2.45, 2.75) is 6.18 Å². The van der Waals surface area contributed by atoms with Crippen LogP contribution in [0.25, 0.3) is 22.2 Å². The summed E-state index contributed by atoms with van der Waals surface area (Å²) in [7, 11) is 0. The van der Waals surface area contributed by atoms with Crippen molar-refractivity contribution in [3.05, 3.63) is 66.2 Å². The number of hydrogen-bond acceptors (Lipinski definition) is 5. The maximum Gasteiger partial charge on any atom is 0.417 e. The number of fused-ring (bicyclic) bond motifs is 1. The summed E-state index contributed by atoms with van der Waals surface area (Å²) in [5.74, 6) is 0.862. The molecule has 5 N–H and O–H groups in total. The van der Waals surface area contributed by atoms with E-state index in [0.29, 0.717) is 17.3 Å². The quantitative estimate of drug-likeness (QED) is 0.365. The normalized spacial score (nSPS) is 11.6. The maximum atomic E-state index is 13.5. The van der Waals surface area contributed by atoms with Crippen LogP contribution >= 0.6 is 0 Å². The number of halogens is 3. The summed E-state index contributed by atoms with van der Waals surface area (Å²) in [6.07, 6.45) is -4.50. The van der Waals surface area contributed by atoms with Gasteiger partial charge in [-0.15, -0.1) is 0 Å². The molecule has 0 saturated carbocycles. The van der Waals surface area contributed by atoms with E-state index in [2.05, 4.69) is 25.8 Å². The van der Waals surface area contributed by atoms with Crippen LogP contribution in [0.4, 0.5) is 30.5 Å². The Morgan fingerprint density at radius 3 is 2.55 bits per heavy atom.